The van der Waals surface area contributed by atoms with Crippen LogP contribution >= 0.6 is 35.0 Å². The molecule has 0 saturated carbocycles. The van der Waals surface area contributed by atoms with E-state index in [2.05, 4.69) is 34.5 Å². The molecule has 0 bridgehead atoms. The maximum Gasteiger partial charge on any atom is 0.430 e. The number of rotatable bonds is 10. The summed E-state index contributed by atoms with van der Waals surface area (Å²) in [6, 6.07) is 11.3. The number of amides is 2. The minimum atomic E-state index is -4.94. The van der Waals surface area contributed by atoms with Crippen molar-refractivity contribution < 1.29 is 22.8 Å². The maximum absolute atomic E-state index is 13.3. The van der Waals surface area contributed by atoms with Crippen molar-refractivity contribution in [2.24, 2.45) is 16.6 Å². The van der Waals surface area contributed by atoms with Crippen LogP contribution in [0.5, 0.6) is 0 Å². The number of anilines is 1. The molecule has 3 aromatic rings. The quantitative estimate of drug-likeness (QED) is 0.173. The second-order valence-corrected chi connectivity index (χ2v) is 10.9. The van der Waals surface area contributed by atoms with Gasteiger partial charge in [-0.3, -0.25) is 9.59 Å². The molecule has 40 heavy (non-hydrogen) atoms. The number of pyridine rings is 1. The Bertz CT molecular complexity index is 1460. The zero-order valence-corrected chi connectivity index (χ0v) is 23.8. The minimum absolute atomic E-state index is 0.00841. The first-order valence-corrected chi connectivity index (χ1v) is 13.9. The number of hydrogen-bond donors (Lipinski definition) is 3. The van der Waals surface area contributed by atoms with Crippen LogP contribution in [0.4, 0.5) is 24.7 Å². The summed E-state index contributed by atoms with van der Waals surface area (Å²) in [5.74, 6) is 0.241. The molecule has 0 spiro atoms. The summed E-state index contributed by atoms with van der Waals surface area (Å²) in [4.78, 5) is 34.3. The third-order valence-corrected chi connectivity index (χ3v) is 7.35. The van der Waals surface area contributed by atoms with E-state index >= 15 is 0 Å². The lowest BCUT2D eigenvalue weighted by atomic mass is 10.0. The van der Waals surface area contributed by atoms with Gasteiger partial charge in [-0.2, -0.15) is 24.9 Å². The first kappa shape index (κ1) is 31.3. The smallest absolute Gasteiger partial charge is 0.395 e. The highest BCUT2D eigenvalue weighted by Gasteiger charge is 2.32. The molecular formula is C27H26Cl2F3N5O2S. The molecule has 0 aliphatic heterocycles. The normalized spacial score (nSPS) is 12.6. The molecule has 3 rings (SSSR count). The predicted octanol–water partition coefficient (Wildman–Crippen LogP) is 6.78. The number of fused-ring (bicyclic) bond motifs is 1. The lowest BCUT2D eigenvalue weighted by Crippen LogP contribution is -2.29. The van der Waals surface area contributed by atoms with E-state index in [0.717, 1.165) is 5.75 Å². The van der Waals surface area contributed by atoms with Crippen LogP contribution in [0.3, 0.4) is 0 Å². The van der Waals surface area contributed by atoms with Gasteiger partial charge >= 0.3 is 6.18 Å². The number of carbonyl (C=O) groups is 2. The summed E-state index contributed by atoms with van der Waals surface area (Å²) in [6.45, 7) is 4.53. The van der Waals surface area contributed by atoms with E-state index < -0.39 is 29.4 Å². The van der Waals surface area contributed by atoms with Crippen molar-refractivity contribution >= 4 is 74.8 Å². The number of halogens is 5. The van der Waals surface area contributed by atoms with Crippen molar-refractivity contribution in [2.45, 2.75) is 20.0 Å². The van der Waals surface area contributed by atoms with Crippen LogP contribution in [0.15, 0.2) is 65.4 Å². The Labute approximate surface area is 243 Å². The number of nitrogens with one attached hydrogen (secondary N) is 2. The number of nitrogens with zero attached hydrogens (tertiary/aromatic N) is 2. The van der Waals surface area contributed by atoms with Gasteiger partial charge in [0.1, 0.15) is 11.4 Å². The van der Waals surface area contributed by atoms with E-state index in [1.807, 2.05) is 0 Å². The molecule has 0 radical (unpaired) electrons. The Balaban J connectivity index is 2.03. The highest BCUT2D eigenvalue weighted by molar-refractivity contribution is 7.99. The van der Waals surface area contributed by atoms with Crippen LogP contribution in [-0.4, -0.2) is 46.7 Å². The number of nitrogens with two attached hydrogens (primary N) is 1. The fraction of sp³-hybridized carbons (Fsp3) is 0.259. The summed E-state index contributed by atoms with van der Waals surface area (Å²) in [5.41, 5.74) is 2.78. The van der Waals surface area contributed by atoms with Crippen molar-refractivity contribution in [2.75, 3.05) is 23.4 Å². The molecule has 212 valence electrons. The highest BCUT2D eigenvalue weighted by atomic mass is 35.5. The van der Waals surface area contributed by atoms with Gasteiger partial charge in [0.25, 0.3) is 11.8 Å². The molecule has 1 heterocycles. The Morgan fingerprint density at radius 1 is 1.18 bits per heavy atom. The van der Waals surface area contributed by atoms with Gasteiger partial charge in [-0.15, -0.1) is 0 Å². The van der Waals surface area contributed by atoms with Gasteiger partial charge in [-0.25, -0.2) is 9.98 Å². The van der Waals surface area contributed by atoms with Crippen LogP contribution in [-0.2, 0) is 4.79 Å². The summed E-state index contributed by atoms with van der Waals surface area (Å²) < 4.78 is 39.7. The average Bonchev–Trinajstić information content (AvgIpc) is 2.89. The van der Waals surface area contributed by atoms with Crippen LogP contribution in [0.2, 0.25) is 10.0 Å². The number of alkyl halides is 3. The molecule has 7 nitrogen and oxygen atoms in total. The molecule has 0 aliphatic rings. The van der Waals surface area contributed by atoms with E-state index in [-0.39, 0.29) is 27.1 Å². The largest absolute Gasteiger partial charge is 0.430 e. The van der Waals surface area contributed by atoms with Crippen LogP contribution in [0.1, 0.15) is 24.2 Å². The molecule has 0 saturated heterocycles. The van der Waals surface area contributed by atoms with Gasteiger partial charge < -0.3 is 16.4 Å². The predicted molar refractivity (Wildman–Crippen MR) is 157 cm³/mol. The van der Waals surface area contributed by atoms with Gasteiger partial charge in [-0.1, -0.05) is 61.3 Å². The molecule has 2 amide bonds. The Morgan fingerprint density at radius 2 is 1.90 bits per heavy atom. The maximum atomic E-state index is 13.3. The first-order valence-electron chi connectivity index (χ1n) is 12.0. The van der Waals surface area contributed by atoms with Crippen molar-refractivity contribution in [3.63, 3.8) is 0 Å². The molecule has 0 unspecified atom stereocenters. The van der Waals surface area contributed by atoms with E-state index in [9.17, 15) is 22.8 Å². The van der Waals surface area contributed by atoms with Gasteiger partial charge in [0, 0.05) is 23.9 Å². The number of thioether (sulfide) groups is 1. The Hall–Kier alpha value is -3.28. The third-order valence-electron chi connectivity index (χ3n) is 5.27. The number of aliphatic imine (C=N–C) groups is 1. The number of carbonyl (C=O) groups excluding carboxylic acids is 2. The fourth-order valence-electron chi connectivity index (χ4n) is 3.38. The summed E-state index contributed by atoms with van der Waals surface area (Å²) in [7, 11) is 0. The topological polar surface area (TPSA) is 109 Å². The molecule has 0 aliphatic carbocycles. The van der Waals surface area contributed by atoms with Gasteiger partial charge in [0.2, 0.25) is 0 Å². The van der Waals surface area contributed by atoms with Crippen LogP contribution in [0, 0.1) is 5.92 Å². The second-order valence-electron chi connectivity index (χ2n) is 8.92. The van der Waals surface area contributed by atoms with E-state index in [1.54, 1.807) is 42.1 Å². The molecule has 1 aromatic heterocycles. The Morgan fingerprint density at radius 3 is 2.58 bits per heavy atom. The van der Waals surface area contributed by atoms with Crippen LogP contribution in [0.25, 0.3) is 10.8 Å². The standard InChI is InChI=1S/C27H26Cl2F3N5O2S/c1-15(2)14-40-11-10-35-25(38)18-12-16-6-3-4-7-17(16)22(29)23(18)37-26(39)20(13-21(33)27(30,31)32)36-24-19(28)8-5-9-34-24/h3-9,12-13,15H,10-11,14,33H2,1-2H3,(H,35,38)(H,37,39). The monoisotopic (exact) mass is 611 g/mol. The SMILES string of the molecule is CC(C)CSCCNC(=O)c1cc2ccccc2c(Cl)c1NC(=O)C(C=C(N)C(F)(F)F)=Nc1ncccc1Cl. The van der Waals surface area contributed by atoms with Crippen LogP contribution < -0.4 is 16.4 Å². The van der Waals surface area contributed by atoms with Crippen molar-refractivity contribution in [3.8, 4) is 0 Å². The molecule has 2 aromatic carbocycles. The number of allylic oxidation sites excluding steroid dienone is 1. The van der Waals surface area contributed by atoms with Gasteiger partial charge in [-0.05, 0) is 41.3 Å². The lowest BCUT2D eigenvalue weighted by molar-refractivity contribution is -0.110. The zero-order chi connectivity index (χ0) is 29.4. The summed E-state index contributed by atoms with van der Waals surface area (Å²) >= 11 is 14.4. The first-order chi connectivity index (χ1) is 18.9. The van der Waals surface area contributed by atoms with E-state index in [0.29, 0.717) is 35.1 Å². The van der Waals surface area contributed by atoms with Crippen molar-refractivity contribution in [1.82, 2.24) is 10.3 Å². The molecule has 4 N–H and O–H groups in total. The number of benzene rings is 2. The molecule has 0 fully saturated rings. The number of aromatic nitrogens is 1. The highest BCUT2D eigenvalue weighted by Crippen LogP contribution is 2.35. The Kier molecular flexibility index (Phi) is 10.8. The third kappa shape index (κ3) is 8.36. The van der Waals surface area contributed by atoms with Crippen molar-refractivity contribution in [3.05, 3.63) is 76.0 Å². The van der Waals surface area contributed by atoms with Gasteiger partial charge in [0.15, 0.2) is 5.82 Å². The van der Waals surface area contributed by atoms with Crippen molar-refractivity contribution in [1.29, 1.82) is 0 Å². The van der Waals surface area contributed by atoms with E-state index in [4.69, 9.17) is 28.9 Å². The lowest BCUT2D eigenvalue weighted by Gasteiger charge is -2.16. The number of hydrogen-bond acceptors (Lipinski definition) is 6. The second kappa shape index (κ2) is 13.9. The molecule has 13 heteroatoms. The molecular weight excluding hydrogens is 586 g/mol. The van der Waals surface area contributed by atoms with E-state index in [1.165, 1.54) is 18.3 Å². The summed E-state index contributed by atoms with van der Waals surface area (Å²) in [6.07, 6.45) is -3.27. The zero-order valence-electron chi connectivity index (χ0n) is 21.5. The van der Waals surface area contributed by atoms with Gasteiger partial charge in [0.05, 0.1) is 21.3 Å². The average molecular weight is 613 g/mol. The summed E-state index contributed by atoms with van der Waals surface area (Å²) in [5, 5.41) is 6.41. The minimum Gasteiger partial charge on any atom is -0.395 e. The molecule has 0 atom stereocenters. The fourth-order valence-corrected chi connectivity index (χ4v) is 4.75.